The van der Waals surface area contributed by atoms with Crippen molar-refractivity contribution in [2.45, 2.75) is 31.3 Å². The number of pyridine rings is 1. The summed E-state index contributed by atoms with van der Waals surface area (Å²) in [4.78, 5) is 44.1. The van der Waals surface area contributed by atoms with Crippen molar-refractivity contribution in [3.8, 4) is 0 Å². The van der Waals surface area contributed by atoms with Gasteiger partial charge in [0, 0.05) is 39.1 Å². The third kappa shape index (κ3) is 2.87. The van der Waals surface area contributed by atoms with E-state index in [-0.39, 0.29) is 12.5 Å². The van der Waals surface area contributed by atoms with Crippen LogP contribution in [0.5, 0.6) is 0 Å². The van der Waals surface area contributed by atoms with Crippen LogP contribution >= 0.6 is 0 Å². The molecule has 0 radical (unpaired) electrons. The summed E-state index contributed by atoms with van der Waals surface area (Å²) in [6.07, 6.45) is 4.75. The maximum Gasteiger partial charge on any atom is 0.332 e. The van der Waals surface area contributed by atoms with E-state index in [0.717, 1.165) is 0 Å². The zero-order valence-corrected chi connectivity index (χ0v) is 16.6. The average molecular weight is 407 g/mol. The van der Waals surface area contributed by atoms with Gasteiger partial charge in [-0.3, -0.25) is 28.6 Å². The summed E-state index contributed by atoms with van der Waals surface area (Å²) in [7, 11) is 1.77. The normalized spacial score (nSPS) is 20.1. The predicted octanol–water partition coefficient (Wildman–Crippen LogP) is -0.231. The Bertz CT molecular complexity index is 1240. The van der Waals surface area contributed by atoms with E-state index < -0.39 is 16.5 Å². The molecule has 1 amide bonds. The van der Waals surface area contributed by atoms with Gasteiger partial charge in [0.15, 0.2) is 0 Å². The summed E-state index contributed by atoms with van der Waals surface area (Å²) in [5.41, 5.74) is -0.591. The van der Waals surface area contributed by atoms with Crippen LogP contribution in [0.1, 0.15) is 34.8 Å². The number of aromatic nitrogens is 6. The molecular weight excluding hydrogens is 386 g/mol. The molecule has 1 atom stereocenters. The third-order valence-electron chi connectivity index (χ3n) is 6.03. The van der Waals surface area contributed by atoms with Gasteiger partial charge in [-0.05, 0) is 31.0 Å². The minimum atomic E-state index is -0.652. The summed E-state index contributed by atoms with van der Waals surface area (Å²) < 4.78 is 4.28. The van der Waals surface area contributed by atoms with E-state index in [2.05, 4.69) is 15.2 Å². The minimum Gasteiger partial charge on any atom is -0.336 e. The van der Waals surface area contributed by atoms with Crippen LogP contribution in [-0.2, 0) is 25.6 Å². The smallest absolute Gasteiger partial charge is 0.332 e. The van der Waals surface area contributed by atoms with Crippen LogP contribution in [0.25, 0.3) is 0 Å². The molecule has 5 heterocycles. The second-order valence-corrected chi connectivity index (χ2v) is 7.95. The molecule has 0 saturated carbocycles. The summed E-state index contributed by atoms with van der Waals surface area (Å²) >= 11 is 0. The lowest BCUT2D eigenvalue weighted by Gasteiger charge is -2.23. The van der Waals surface area contributed by atoms with Crippen LogP contribution in [0.4, 0.5) is 0 Å². The Kier molecular flexibility index (Phi) is 4.16. The van der Waals surface area contributed by atoms with Gasteiger partial charge in [-0.1, -0.05) is 6.07 Å². The van der Waals surface area contributed by atoms with Crippen LogP contribution in [-0.4, -0.2) is 53.0 Å². The first-order valence-corrected chi connectivity index (χ1v) is 9.88. The standard InChI is InChI=1S/C20H21N7O3/c1-24-9-5-15(22-24)16(28)25-10-6-20(13-25)7-11-26-17(29)18(30)27(23-19(20)26)12-14-4-2-3-8-21-14/h2-5,8-9H,6-7,10-13H2,1H3/t20-/m0/s1. The van der Waals surface area contributed by atoms with Gasteiger partial charge < -0.3 is 4.90 Å². The Morgan fingerprint density at radius 3 is 2.67 bits per heavy atom. The van der Waals surface area contributed by atoms with Crippen molar-refractivity contribution in [2.24, 2.45) is 7.05 Å². The molecule has 2 aliphatic rings. The lowest BCUT2D eigenvalue weighted by atomic mass is 9.85. The number of rotatable bonds is 3. The maximum atomic E-state index is 12.8. The summed E-state index contributed by atoms with van der Waals surface area (Å²) in [6, 6.07) is 7.10. The number of nitrogens with zero attached hydrogens (tertiary/aromatic N) is 7. The van der Waals surface area contributed by atoms with Gasteiger partial charge in [0.25, 0.3) is 5.91 Å². The largest absolute Gasteiger partial charge is 0.336 e. The van der Waals surface area contributed by atoms with Crippen molar-refractivity contribution in [1.29, 1.82) is 0 Å². The molecule has 0 aliphatic carbocycles. The van der Waals surface area contributed by atoms with Crippen LogP contribution < -0.4 is 11.1 Å². The number of aryl methyl sites for hydroxylation is 1. The molecule has 0 unspecified atom stereocenters. The zero-order chi connectivity index (χ0) is 20.9. The molecule has 0 bridgehead atoms. The fourth-order valence-corrected chi connectivity index (χ4v) is 4.45. The molecule has 2 aliphatic heterocycles. The first-order chi connectivity index (χ1) is 14.5. The average Bonchev–Trinajstić information content (AvgIpc) is 3.47. The highest BCUT2D eigenvalue weighted by atomic mass is 16.2. The van der Waals surface area contributed by atoms with Crippen LogP contribution in [0, 0.1) is 0 Å². The number of likely N-dealkylation sites (tertiary alicyclic amines) is 1. The van der Waals surface area contributed by atoms with Crippen LogP contribution in [0.15, 0.2) is 46.2 Å². The van der Waals surface area contributed by atoms with Crippen LogP contribution in [0.3, 0.4) is 0 Å². The van der Waals surface area contributed by atoms with Crippen molar-refractivity contribution in [1.82, 2.24) is 34.0 Å². The van der Waals surface area contributed by atoms with E-state index in [0.29, 0.717) is 49.7 Å². The highest BCUT2D eigenvalue weighted by Crippen LogP contribution is 2.40. The monoisotopic (exact) mass is 407 g/mol. The number of carbonyl (C=O) groups is 1. The molecule has 3 aromatic heterocycles. The fourth-order valence-electron chi connectivity index (χ4n) is 4.45. The second-order valence-electron chi connectivity index (χ2n) is 7.95. The van der Waals surface area contributed by atoms with Gasteiger partial charge in [-0.25, -0.2) is 4.68 Å². The molecule has 1 spiro atoms. The Labute approximate surface area is 171 Å². The van der Waals surface area contributed by atoms with Gasteiger partial charge in [0.2, 0.25) is 0 Å². The van der Waals surface area contributed by atoms with E-state index in [1.807, 2.05) is 6.07 Å². The molecule has 5 rings (SSSR count). The predicted molar refractivity (Wildman–Crippen MR) is 106 cm³/mol. The molecule has 10 heteroatoms. The number of hydrogen-bond donors (Lipinski definition) is 0. The van der Waals surface area contributed by atoms with E-state index in [1.54, 1.807) is 47.2 Å². The number of hydrogen-bond acceptors (Lipinski definition) is 6. The molecule has 0 aromatic carbocycles. The van der Waals surface area contributed by atoms with Crippen molar-refractivity contribution in [3.05, 3.63) is 74.6 Å². The molecule has 30 heavy (non-hydrogen) atoms. The Morgan fingerprint density at radius 2 is 1.93 bits per heavy atom. The third-order valence-corrected chi connectivity index (χ3v) is 6.03. The fraction of sp³-hybridized carbons (Fsp3) is 0.400. The summed E-state index contributed by atoms with van der Waals surface area (Å²) in [6.45, 7) is 1.59. The van der Waals surface area contributed by atoms with E-state index in [4.69, 9.17) is 0 Å². The van der Waals surface area contributed by atoms with Gasteiger partial charge >= 0.3 is 11.1 Å². The Morgan fingerprint density at radius 1 is 1.10 bits per heavy atom. The van der Waals surface area contributed by atoms with Crippen molar-refractivity contribution in [3.63, 3.8) is 0 Å². The van der Waals surface area contributed by atoms with E-state index in [1.165, 1.54) is 9.25 Å². The first-order valence-electron chi connectivity index (χ1n) is 9.88. The lowest BCUT2D eigenvalue weighted by Crippen LogP contribution is -2.45. The Balaban J connectivity index is 1.48. The topological polar surface area (TPSA) is 108 Å². The SMILES string of the molecule is Cn1ccc(C(=O)N2CC[C@]3(CCn4c3nn(Cc3ccccn3)c(=O)c4=O)C2)n1. The van der Waals surface area contributed by atoms with E-state index >= 15 is 0 Å². The number of fused-ring (bicyclic) bond motifs is 2. The molecular formula is C20H21N7O3. The zero-order valence-electron chi connectivity index (χ0n) is 16.6. The number of amides is 1. The quantitative estimate of drug-likeness (QED) is 0.555. The van der Waals surface area contributed by atoms with E-state index in [9.17, 15) is 14.4 Å². The first kappa shape index (κ1) is 18.5. The molecule has 1 fully saturated rings. The maximum absolute atomic E-state index is 12.8. The van der Waals surface area contributed by atoms with Crippen molar-refractivity contribution < 1.29 is 4.79 Å². The minimum absolute atomic E-state index is 0.130. The highest BCUT2D eigenvalue weighted by Gasteiger charge is 2.48. The molecule has 10 nitrogen and oxygen atoms in total. The lowest BCUT2D eigenvalue weighted by molar-refractivity contribution is 0.0776. The van der Waals surface area contributed by atoms with Gasteiger partial charge in [-0.15, -0.1) is 0 Å². The van der Waals surface area contributed by atoms with Crippen LogP contribution in [0.2, 0.25) is 0 Å². The number of carbonyl (C=O) groups excluding carboxylic acids is 1. The molecule has 0 N–H and O–H groups in total. The van der Waals surface area contributed by atoms with Gasteiger partial charge in [-0.2, -0.15) is 10.2 Å². The molecule has 3 aromatic rings. The molecule has 1 saturated heterocycles. The van der Waals surface area contributed by atoms with Crippen molar-refractivity contribution >= 4 is 5.91 Å². The Hall–Kier alpha value is -3.56. The van der Waals surface area contributed by atoms with Gasteiger partial charge in [0.05, 0.1) is 17.7 Å². The van der Waals surface area contributed by atoms with Crippen molar-refractivity contribution in [2.75, 3.05) is 13.1 Å². The molecule has 154 valence electrons. The second kappa shape index (κ2) is 6.75. The van der Waals surface area contributed by atoms with Gasteiger partial charge in [0.1, 0.15) is 11.5 Å². The summed E-state index contributed by atoms with van der Waals surface area (Å²) in [5, 5.41) is 8.79. The highest BCUT2D eigenvalue weighted by molar-refractivity contribution is 5.92. The summed E-state index contributed by atoms with van der Waals surface area (Å²) in [5.74, 6) is 0.453.